The van der Waals surface area contributed by atoms with Gasteiger partial charge in [0.15, 0.2) is 0 Å². The smallest absolute Gasteiger partial charge is 0.308 e. The third-order valence-corrected chi connectivity index (χ3v) is 3.88. The van der Waals surface area contributed by atoms with E-state index < -0.39 is 11.9 Å². The zero-order valence-corrected chi connectivity index (χ0v) is 12.0. The molecule has 1 atom stereocenters. The summed E-state index contributed by atoms with van der Waals surface area (Å²) in [6.07, 6.45) is 1.41. The number of piperidine rings is 1. The molecule has 1 fully saturated rings. The van der Waals surface area contributed by atoms with Crippen LogP contribution in [-0.2, 0) is 4.79 Å². The van der Waals surface area contributed by atoms with Gasteiger partial charge < -0.3 is 10.0 Å². The van der Waals surface area contributed by atoms with Gasteiger partial charge in [0.25, 0.3) is 5.91 Å². The minimum atomic E-state index is -0.808. The number of carboxylic acid groups (broad SMARTS) is 1. The molecule has 0 aliphatic carbocycles. The fraction of sp³-hybridized carbons (Fsp3) is 0.500. The van der Waals surface area contributed by atoms with Crippen molar-refractivity contribution >= 4 is 11.9 Å². The Hall–Kier alpha value is -1.84. The lowest BCUT2D eigenvalue weighted by Gasteiger charge is -2.30. The van der Waals surface area contributed by atoms with Gasteiger partial charge in [-0.25, -0.2) is 0 Å². The SMILES string of the molecule is CC(C)c1ccc(C(=O)N2CCCC(C(=O)O)C2)cc1. The predicted molar refractivity (Wildman–Crippen MR) is 76.8 cm³/mol. The van der Waals surface area contributed by atoms with Crippen LogP contribution in [0, 0.1) is 5.92 Å². The summed E-state index contributed by atoms with van der Waals surface area (Å²) in [4.78, 5) is 25.1. The highest BCUT2D eigenvalue weighted by molar-refractivity contribution is 5.94. The van der Waals surface area contributed by atoms with E-state index in [0.29, 0.717) is 31.0 Å². The van der Waals surface area contributed by atoms with Gasteiger partial charge in [0.2, 0.25) is 0 Å². The van der Waals surface area contributed by atoms with E-state index in [1.165, 1.54) is 5.56 Å². The lowest BCUT2D eigenvalue weighted by atomic mass is 9.97. The summed E-state index contributed by atoms with van der Waals surface area (Å²) in [6, 6.07) is 7.61. The molecule has 1 aromatic carbocycles. The Labute approximate surface area is 119 Å². The van der Waals surface area contributed by atoms with Crippen LogP contribution < -0.4 is 0 Å². The van der Waals surface area contributed by atoms with Crippen LogP contribution >= 0.6 is 0 Å². The zero-order valence-electron chi connectivity index (χ0n) is 12.0. The summed E-state index contributed by atoms with van der Waals surface area (Å²) in [6.45, 7) is 5.19. The van der Waals surface area contributed by atoms with Crippen molar-refractivity contribution in [2.45, 2.75) is 32.6 Å². The number of amides is 1. The number of likely N-dealkylation sites (tertiary alicyclic amines) is 1. The fourth-order valence-electron chi connectivity index (χ4n) is 2.56. The Bertz CT molecular complexity index is 493. The number of carboxylic acids is 1. The zero-order chi connectivity index (χ0) is 14.7. The molecule has 1 amide bonds. The second-order valence-corrected chi connectivity index (χ2v) is 5.71. The van der Waals surface area contributed by atoms with Crippen LogP contribution in [0.2, 0.25) is 0 Å². The predicted octanol–water partition coefficient (Wildman–Crippen LogP) is 2.75. The Morgan fingerprint density at radius 3 is 2.45 bits per heavy atom. The van der Waals surface area contributed by atoms with Crippen molar-refractivity contribution in [2.24, 2.45) is 5.92 Å². The molecule has 0 spiro atoms. The highest BCUT2D eigenvalue weighted by Gasteiger charge is 2.28. The van der Waals surface area contributed by atoms with E-state index in [-0.39, 0.29) is 5.91 Å². The van der Waals surface area contributed by atoms with Crippen LogP contribution in [0.15, 0.2) is 24.3 Å². The molecular weight excluding hydrogens is 254 g/mol. The number of hydrogen-bond acceptors (Lipinski definition) is 2. The number of carbonyl (C=O) groups excluding carboxylic acids is 1. The first-order valence-corrected chi connectivity index (χ1v) is 7.11. The van der Waals surface area contributed by atoms with E-state index in [9.17, 15) is 9.59 Å². The van der Waals surface area contributed by atoms with Gasteiger partial charge in [-0.05, 0) is 36.5 Å². The molecule has 20 heavy (non-hydrogen) atoms. The van der Waals surface area contributed by atoms with Gasteiger partial charge in [-0.15, -0.1) is 0 Å². The van der Waals surface area contributed by atoms with Gasteiger partial charge in [0.05, 0.1) is 5.92 Å². The number of aliphatic carboxylic acids is 1. The van der Waals surface area contributed by atoms with Crippen LogP contribution in [0.25, 0.3) is 0 Å². The van der Waals surface area contributed by atoms with Crippen LogP contribution in [0.1, 0.15) is 48.5 Å². The van der Waals surface area contributed by atoms with Crippen molar-refractivity contribution in [3.8, 4) is 0 Å². The highest BCUT2D eigenvalue weighted by atomic mass is 16.4. The Morgan fingerprint density at radius 1 is 1.25 bits per heavy atom. The third-order valence-electron chi connectivity index (χ3n) is 3.88. The van der Waals surface area contributed by atoms with Crippen LogP contribution in [0.4, 0.5) is 0 Å². The number of carbonyl (C=O) groups is 2. The van der Waals surface area contributed by atoms with Crippen molar-refractivity contribution in [1.29, 1.82) is 0 Å². The third kappa shape index (κ3) is 3.18. The second kappa shape index (κ2) is 6.07. The summed E-state index contributed by atoms with van der Waals surface area (Å²) in [5.74, 6) is -0.864. The maximum atomic E-state index is 12.4. The topological polar surface area (TPSA) is 57.6 Å². The minimum absolute atomic E-state index is 0.0637. The maximum absolute atomic E-state index is 12.4. The first-order valence-electron chi connectivity index (χ1n) is 7.11. The van der Waals surface area contributed by atoms with Crippen molar-refractivity contribution in [3.05, 3.63) is 35.4 Å². The molecule has 1 N–H and O–H groups in total. The number of hydrogen-bond donors (Lipinski definition) is 1. The standard InChI is InChI=1S/C16H21NO3/c1-11(2)12-5-7-13(8-6-12)15(18)17-9-3-4-14(10-17)16(19)20/h5-8,11,14H,3-4,9-10H2,1-2H3,(H,19,20). The first-order chi connectivity index (χ1) is 9.49. The number of benzene rings is 1. The van der Waals surface area contributed by atoms with Crippen molar-refractivity contribution in [1.82, 2.24) is 4.90 Å². The van der Waals surface area contributed by atoms with Crippen molar-refractivity contribution in [3.63, 3.8) is 0 Å². The Balaban J connectivity index is 2.08. The van der Waals surface area contributed by atoms with Crippen LogP contribution in [0.3, 0.4) is 0 Å². The molecule has 0 saturated carbocycles. The van der Waals surface area contributed by atoms with Crippen molar-refractivity contribution < 1.29 is 14.7 Å². The summed E-state index contributed by atoms with van der Waals surface area (Å²) in [7, 11) is 0. The largest absolute Gasteiger partial charge is 0.481 e. The molecule has 1 unspecified atom stereocenters. The normalized spacial score (nSPS) is 19.1. The Kier molecular flexibility index (Phi) is 4.42. The molecule has 1 heterocycles. The lowest BCUT2D eigenvalue weighted by molar-refractivity contribution is -0.143. The van der Waals surface area contributed by atoms with E-state index in [2.05, 4.69) is 13.8 Å². The average molecular weight is 275 g/mol. The molecule has 4 heteroatoms. The monoisotopic (exact) mass is 275 g/mol. The molecule has 0 radical (unpaired) electrons. The summed E-state index contributed by atoms with van der Waals surface area (Å²) in [5, 5.41) is 9.07. The molecule has 0 bridgehead atoms. The van der Waals surface area contributed by atoms with Gasteiger partial charge in [-0.1, -0.05) is 26.0 Å². The van der Waals surface area contributed by atoms with Crippen molar-refractivity contribution in [2.75, 3.05) is 13.1 Å². The second-order valence-electron chi connectivity index (χ2n) is 5.71. The van der Waals surface area contributed by atoms with Gasteiger partial charge in [0.1, 0.15) is 0 Å². The van der Waals surface area contributed by atoms with Gasteiger partial charge in [-0.2, -0.15) is 0 Å². The molecule has 108 valence electrons. The molecule has 1 aliphatic heterocycles. The van der Waals surface area contributed by atoms with E-state index in [1.54, 1.807) is 4.90 Å². The van der Waals surface area contributed by atoms with E-state index in [0.717, 1.165) is 6.42 Å². The molecule has 1 aliphatic rings. The molecule has 0 aromatic heterocycles. The highest BCUT2D eigenvalue weighted by Crippen LogP contribution is 2.20. The Morgan fingerprint density at radius 2 is 1.90 bits per heavy atom. The van der Waals surface area contributed by atoms with Gasteiger partial charge in [-0.3, -0.25) is 9.59 Å². The summed E-state index contributed by atoms with van der Waals surface area (Å²) >= 11 is 0. The molecule has 1 aromatic rings. The van der Waals surface area contributed by atoms with E-state index in [4.69, 9.17) is 5.11 Å². The first kappa shape index (κ1) is 14.6. The van der Waals surface area contributed by atoms with E-state index in [1.807, 2.05) is 24.3 Å². The quantitative estimate of drug-likeness (QED) is 0.922. The van der Waals surface area contributed by atoms with E-state index >= 15 is 0 Å². The molecular formula is C16H21NO3. The minimum Gasteiger partial charge on any atom is -0.481 e. The lowest BCUT2D eigenvalue weighted by Crippen LogP contribution is -2.42. The average Bonchev–Trinajstić information content (AvgIpc) is 2.46. The number of rotatable bonds is 3. The van der Waals surface area contributed by atoms with Crippen LogP contribution in [0.5, 0.6) is 0 Å². The summed E-state index contributed by atoms with van der Waals surface area (Å²) in [5.41, 5.74) is 1.84. The molecule has 2 rings (SSSR count). The summed E-state index contributed by atoms with van der Waals surface area (Å²) < 4.78 is 0. The molecule has 4 nitrogen and oxygen atoms in total. The maximum Gasteiger partial charge on any atom is 0.308 e. The fourth-order valence-corrected chi connectivity index (χ4v) is 2.56. The van der Waals surface area contributed by atoms with Gasteiger partial charge in [0, 0.05) is 18.7 Å². The van der Waals surface area contributed by atoms with Crippen LogP contribution in [-0.4, -0.2) is 35.0 Å². The van der Waals surface area contributed by atoms with Gasteiger partial charge >= 0.3 is 5.97 Å². The number of nitrogens with zero attached hydrogens (tertiary/aromatic N) is 1. The molecule has 1 saturated heterocycles.